The number of nitrogens with zero attached hydrogens (tertiary/aromatic N) is 1. The molecule has 1 amide bonds. The van der Waals surface area contributed by atoms with E-state index >= 15 is 0 Å². The molecule has 0 saturated carbocycles. The lowest BCUT2D eigenvalue weighted by Crippen LogP contribution is -2.57. The minimum atomic E-state index is -0.103. The van der Waals surface area contributed by atoms with Crippen molar-refractivity contribution in [3.63, 3.8) is 0 Å². The van der Waals surface area contributed by atoms with E-state index in [0.717, 1.165) is 30.1 Å². The van der Waals surface area contributed by atoms with E-state index in [1.54, 1.807) is 6.07 Å². The molecule has 5 heteroatoms. The molecule has 5 rings (SSSR count). The first-order valence-corrected chi connectivity index (χ1v) is 9.20. The second-order valence-electron chi connectivity index (χ2n) is 6.99. The summed E-state index contributed by atoms with van der Waals surface area (Å²) in [5, 5.41) is 6.44. The Hall–Kier alpha value is -2.27. The van der Waals surface area contributed by atoms with Crippen LogP contribution in [0, 0.1) is 5.92 Å². The maximum Gasteiger partial charge on any atom is 0.287 e. The average molecular weight is 339 g/mol. The minimum absolute atomic E-state index is 0.103. The molecule has 0 spiro atoms. The summed E-state index contributed by atoms with van der Waals surface area (Å²) in [5.74, 6) is 1.63. The van der Waals surface area contributed by atoms with Crippen molar-refractivity contribution in [2.45, 2.75) is 25.8 Å². The van der Waals surface area contributed by atoms with Gasteiger partial charge in [-0.2, -0.15) is 0 Å². The van der Waals surface area contributed by atoms with Gasteiger partial charge in [-0.25, -0.2) is 0 Å². The van der Waals surface area contributed by atoms with Crippen molar-refractivity contribution in [1.82, 2.24) is 10.2 Å². The zero-order valence-electron chi connectivity index (χ0n) is 14.6. The van der Waals surface area contributed by atoms with E-state index in [0.29, 0.717) is 11.7 Å². The van der Waals surface area contributed by atoms with Crippen LogP contribution < -0.4 is 10.6 Å². The van der Waals surface area contributed by atoms with Gasteiger partial charge >= 0.3 is 0 Å². The smallest absolute Gasteiger partial charge is 0.287 e. The van der Waals surface area contributed by atoms with E-state index in [1.165, 1.54) is 25.9 Å². The Balaban J connectivity index is 1.42. The van der Waals surface area contributed by atoms with Crippen LogP contribution >= 0.6 is 0 Å². The average Bonchev–Trinajstić information content (AvgIpc) is 3.14. The van der Waals surface area contributed by atoms with Gasteiger partial charge in [0, 0.05) is 30.4 Å². The molecule has 0 unspecified atom stereocenters. The van der Waals surface area contributed by atoms with Crippen LogP contribution in [0.4, 0.5) is 5.69 Å². The van der Waals surface area contributed by atoms with Gasteiger partial charge in [0.1, 0.15) is 5.76 Å². The van der Waals surface area contributed by atoms with Gasteiger partial charge in [0.2, 0.25) is 0 Å². The first-order valence-electron chi connectivity index (χ1n) is 9.20. The molecular weight excluding hydrogens is 314 g/mol. The highest BCUT2D eigenvalue weighted by atomic mass is 16.3. The number of piperidine rings is 3. The van der Waals surface area contributed by atoms with Crippen molar-refractivity contribution >= 4 is 11.6 Å². The van der Waals surface area contributed by atoms with E-state index in [-0.39, 0.29) is 11.9 Å². The number of hydrogen-bond donors (Lipinski definition) is 2. The van der Waals surface area contributed by atoms with Gasteiger partial charge in [-0.15, -0.1) is 0 Å². The molecule has 1 aromatic carbocycles. The van der Waals surface area contributed by atoms with Crippen LogP contribution in [0.2, 0.25) is 0 Å². The van der Waals surface area contributed by atoms with Gasteiger partial charge in [0.25, 0.3) is 5.91 Å². The third-order valence-corrected chi connectivity index (χ3v) is 5.35. The third-order valence-electron chi connectivity index (χ3n) is 5.35. The van der Waals surface area contributed by atoms with Crippen molar-refractivity contribution in [1.29, 1.82) is 0 Å². The van der Waals surface area contributed by atoms with Crippen molar-refractivity contribution in [2.75, 3.05) is 31.5 Å². The van der Waals surface area contributed by atoms with E-state index in [1.807, 2.05) is 30.3 Å². The second-order valence-corrected chi connectivity index (χ2v) is 6.99. The molecule has 3 fully saturated rings. The summed E-state index contributed by atoms with van der Waals surface area (Å²) >= 11 is 0. The number of fused-ring (bicyclic) bond motifs is 3. The van der Waals surface area contributed by atoms with Crippen molar-refractivity contribution in [3.05, 3.63) is 42.2 Å². The maximum atomic E-state index is 12.5. The van der Waals surface area contributed by atoms with Gasteiger partial charge in [-0.05, 0) is 75.2 Å². The predicted octanol–water partition coefficient (Wildman–Crippen LogP) is 3.20. The molecule has 3 saturated heterocycles. The van der Waals surface area contributed by atoms with Gasteiger partial charge < -0.3 is 20.0 Å². The highest BCUT2D eigenvalue weighted by molar-refractivity contribution is 5.92. The number of anilines is 1. The summed E-state index contributed by atoms with van der Waals surface area (Å²) in [4.78, 5) is 15.0. The lowest BCUT2D eigenvalue weighted by Gasteiger charge is -2.44. The fourth-order valence-electron chi connectivity index (χ4n) is 3.94. The fraction of sp³-hybridized carbons (Fsp3) is 0.450. The molecule has 3 aliphatic rings. The number of carbonyl (C=O) groups excluding carboxylic acids is 1. The molecule has 5 nitrogen and oxygen atoms in total. The Morgan fingerprint density at radius 3 is 2.56 bits per heavy atom. The van der Waals surface area contributed by atoms with E-state index in [2.05, 4.69) is 22.5 Å². The van der Waals surface area contributed by atoms with Gasteiger partial charge in [0.15, 0.2) is 5.76 Å². The number of hydrogen-bond acceptors (Lipinski definition) is 4. The highest BCUT2D eigenvalue weighted by Crippen LogP contribution is 2.28. The molecule has 132 valence electrons. The van der Waals surface area contributed by atoms with Crippen molar-refractivity contribution in [3.8, 4) is 11.3 Å². The van der Waals surface area contributed by atoms with Crippen LogP contribution in [0.25, 0.3) is 11.3 Å². The highest BCUT2D eigenvalue weighted by Gasteiger charge is 2.35. The standard InChI is InChI=1S/C20H25N3O2/c1-2-21-16-5-3-15(4-6-16)18-7-8-19(25-18)20(24)22-17-13-23-11-9-14(17)10-12-23/h3-8,14,17,21H,2,9-13H2,1H3,(H,22,24)/t17-/m0/s1. The third kappa shape index (κ3) is 3.42. The Labute approximate surface area is 148 Å². The summed E-state index contributed by atoms with van der Waals surface area (Å²) in [5.41, 5.74) is 2.06. The maximum absolute atomic E-state index is 12.5. The summed E-state index contributed by atoms with van der Waals surface area (Å²) in [6.45, 7) is 6.27. The number of amides is 1. The molecule has 3 aliphatic heterocycles. The quantitative estimate of drug-likeness (QED) is 0.878. The molecule has 1 atom stereocenters. The van der Waals surface area contributed by atoms with Crippen molar-refractivity contribution < 1.29 is 9.21 Å². The van der Waals surface area contributed by atoms with Crippen LogP contribution in [0.1, 0.15) is 30.3 Å². The normalized spacial score (nSPS) is 24.9. The van der Waals surface area contributed by atoms with Crippen LogP contribution in [0.3, 0.4) is 0 Å². The van der Waals surface area contributed by atoms with E-state index in [4.69, 9.17) is 4.42 Å². The number of rotatable bonds is 5. The Morgan fingerprint density at radius 1 is 1.16 bits per heavy atom. The summed E-state index contributed by atoms with van der Waals surface area (Å²) in [7, 11) is 0. The van der Waals surface area contributed by atoms with Gasteiger partial charge in [-0.3, -0.25) is 4.79 Å². The molecule has 4 heterocycles. The Bertz CT molecular complexity index is 730. The summed E-state index contributed by atoms with van der Waals surface area (Å²) < 4.78 is 5.81. The summed E-state index contributed by atoms with van der Waals surface area (Å²) in [6, 6.07) is 11.9. The first kappa shape index (κ1) is 16.2. The second kappa shape index (κ2) is 6.92. The Kier molecular flexibility index (Phi) is 4.49. The molecule has 0 radical (unpaired) electrons. The monoisotopic (exact) mass is 339 g/mol. The number of furan rings is 1. The van der Waals surface area contributed by atoms with Crippen LogP contribution in [-0.2, 0) is 0 Å². The molecular formula is C20H25N3O2. The number of carbonyl (C=O) groups is 1. The van der Waals surface area contributed by atoms with Gasteiger partial charge in [0.05, 0.1) is 0 Å². The zero-order chi connectivity index (χ0) is 17.2. The molecule has 2 bridgehead atoms. The lowest BCUT2D eigenvalue weighted by atomic mass is 9.84. The zero-order valence-corrected chi connectivity index (χ0v) is 14.6. The van der Waals surface area contributed by atoms with Crippen LogP contribution in [0.15, 0.2) is 40.8 Å². The molecule has 25 heavy (non-hydrogen) atoms. The predicted molar refractivity (Wildman–Crippen MR) is 98.7 cm³/mol. The Morgan fingerprint density at radius 2 is 1.92 bits per heavy atom. The molecule has 0 aliphatic carbocycles. The summed E-state index contributed by atoms with van der Waals surface area (Å²) in [6.07, 6.45) is 2.37. The van der Waals surface area contributed by atoms with Crippen molar-refractivity contribution in [2.24, 2.45) is 5.92 Å². The number of benzene rings is 1. The molecule has 1 aromatic heterocycles. The van der Waals surface area contributed by atoms with Crippen LogP contribution in [0.5, 0.6) is 0 Å². The topological polar surface area (TPSA) is 57.5 Å². The fourth-order valence-corrected chi connectivity index (χ4v) is 3.94. The lowest BCUT2D eigenvalue weighted by molar-refractivity contribution is 0.0606. The molecule has 2 N–H and O–H groups in total. The minimum Gasteiger partial charge on any atom is -0.451 e. The number of nitrogens with one attached hydrogen (secondary N) is 2. The SMILES string of the molecule is CCNc1ccc(-c2ccc(C(=O)N[C@H]3CN4CCC3CC4)o2)cc1. The van der Waals surface area contributed by atoms with E-state index < -0.39 is 0 Å². The molecule has 2 aromatic rings. The van der Waals surface area contributed by atoms with Gasteiger partial charge in [-0.1, -0.05) is 0 Å². The van der Waals surface area contributed by atoms with E-state index in [9.17, 15) is 4.79 Å². The first-order chi connectivity index (χ1) is 12.2. The largest absolute Gasteiger partial charge is 0.451 e. The van der Waals surface area contributed by atoms with Crippen LogP contribution in [-0.4, -0.2) is 43.0 Å².